The van der Waals surface area contributed by atoms with Crippen molar-refractivity contribution >= 4 is 27.5 Å². The Bertz CT molecular complexity index is 1960. The van der Waals surface area contributed by atoms with Crippen molar-refractivity contribution < 1.29 is 18.0 Å². The van der Waals surface area contributed by atoms with Crippen LogP contribution in [-0.4, -0.2) is 41.0 Å². The van der Waals surface area contributed by atoms with Crippen molar-refractivity contribution in [1.82, 2.24) is 29.0 Å². The summed E-state index contributed by atoms with van der Waals surface area (Å²) in [6.07, 6.45) is -0.210. The first-order chi connectivity index (χ1) is 21.8. The lowest BCUT2D eigenvalue weighted by atomic mass is 9.97. The molecular formula is C34H36BrF3N6O2. The molecule has 0 saturated carbocycles. The summed E-state index contributed by atoms with van der Waals surface area (Å²) in [5.74, 6) is 0.543. The van der Waals surface area contributed by atoms with Gasteiger partial charge in [-0.05, 0) is 68.5 Å². The number of nitrogens with one attached hydrogen (secondary N) is 1. The molecule has 0 aliphatic carbocycles. The Labute approximate surface area is 273 Å². The second kappa shape index (κ2) is 12.9. The SMILES string of the molecule is CC.Cc1ncc(-c2ccc(-n3c(=O)c4c(n5ncc(CC(C)C)c35)CN(C(=O)c3ccc(Br)c(C(F)(F)F)c3)[C@H](C)C4)cc2)[nH]1. The smallest absolute Gasteiger partial charge is 0.342 e. The van der Waals surface area contributed by atoms with Crippen LogP contribution >= 0.6 is 15.9 Å². The van der Waals surface area contributed by atoms with E-state index in [-0.39, 0.29) is 34.5 Å². The standard InChI is InChI=1S/C32H30BrF3N6O2.C2H6/c1-17(2)11-22-14-38-42-28-16-40(30(43)21-7-10-26(33)25(13-21)32(34,35)36)18(3)12-24(28)31(44)41(29(22)42)23-8-5-20(6-9-23)27-15-37-19(4)39-27;1-2/h5-10,13-15,17-18H,11-12,16H2,1-4H3,(H,37,39);1-2H3/t18-;/m1./s1. The molecule has 2 aromatic carbocycles. The number of imidazole rings is 1. The highest BCUT2D eigenvalue weighted by molar-refractivity contribution is 9.10. The third kappa shape index (κ3) is 6.14. The molecule has 1 amide bonds. The number of benzene rings is 2. The summed E-state index contributed by atoms with van der Waals surface area (Å²) < 4.78 is 44.1. The molecule has 5 aromatic rings. The van der Waals surface area contributed by atoms with Crippen molar-refractivity contribution in [3.05, 3.63) is 103 Å². The molecule has 3 aromatic heterocycles. The van der Waals surface area contributed by atoms with E-state index in [1.54, 1.807) is 28.4 Å². The van der Waals surface area contributed by atoms with Gasteiger partial charge in [0.1, 0.15) is 11.5 Å². The molecule has 242 valence electrons. The van der Waals surface area contributed by atoms with E-state index in [4.69, 9.17) is 0 Å². The average molecular weight is 698 g/mol. The van der Waals surface area contributed by atoms with E-state index in [0.29, 0.717) is 29.0 Å². The number of aromatic nitrogens is 5. The molecular weight excluding hydrogens is 661 g/mol. The van der Waals surface area contributed by atoms with Gasteiger partial charge in [0.15, 0.2) is 0 Å². The van der Waals surface area contributed by atoms with Crippen LogP contribution in [0, 0.1) is 12.8 Å². The number of aryl methyl sites for hydroxylation is 1. The molecule has 1 N–H and O–H groups in total. The highest BCUT2D eigenvalue weighted by Gasteiger charge is 2.36. The number of aromatic amines is 1. The Morgan fingerprint density at radius 2 is 1.80 bits per heavy atom. The molecule has 8 nitrogen and oxygen atoms in total. The lowest BCUT2D eigenvalue weighted by Crippen LogP contribution is -2.46. The molecule has 0 spiro atoms. The number of fused-ring (bicyclic) bond motifs is 3. The van der Waals surface area contributed by atoms with Crippen molar-refractivity contribution in [3.8, 4) is 16.9 Å². The second-order valence-corrected chi connectivity index (χ2v) is 12.5. The molecule has 0 bridgehead atoms. The van der Waals surface area contributed by atoms with Crippen LogP contribution in [0.3, 0.4) is 0 Å². The van der Waals surface area contributed by atoms with Crippen LogP contribution in [0.15, 0.2) is 64.1 Å². The van der Waals surface area contributed by atoms with Gasteiger partial charge in [-0.2, -0.15) is 18.3 Å². The molecule has 0 unspecified atom stereocenters. The fraction of sp³-hybridized carbons (Fsp3) is 0.353. The third-order valence-electron chi connectivity index (χ3n) is 7.99. The Kier molecular flexibility index (Phi) is 9.30. The van der Waals surface area contributed by atoms with Gasteiger partial charge in [-0.1, -0.05) is 55.8 Å². The van der Waals surface area contributed by atoms with Crippen LogP contribution in [0.2, 0.25) is 0 Å². The quantitative estimate of drug-likeness (QED) is 0.203. The third-order valence-corrected chi connectivity index (χ3v) is 8.68. The van der Waals surface area contributed by atoms with E-state index in [1.165, 1.54) is 17.0 Å². The van der Waals surface area contributed by atoms with Gasteiger partial charge in [0.05, 0.1) is 41.6 Å². The number of amides is 1. The molecule has 0 saturated heterocycles. The van der Waals surface area contributed by atoms with Crippen molar-refractivity contribution in [2.45, 2.75) is 73.1 Å². The minimum Gasteiger partial charge on any atom is -0.342 e. The topological polar surface area (TPSA) is 88.3 Å². The first kappa shape index (κ1) is 33.2. The number of alkyl halides is 3. The molecule has 4 heterocycles. The second-order valence-electron chi connectivity index (χ2n) is 11.7. The lowest BCUT2D eigenvalue weighted by Gasteiger charge is -2.35. The van der Waals surface area contributed by atoms with Crippen LogP contribution < -0.4 is 5.56 Å². The Balaban J connectivity index is 0.00000204. The normalized spacial score (nSPS) is 14.8. The number of hydrogen-bond acceptors (Lipinski definition) is 4. The summed E-state index contributed by atoms with van der Waals surface area (Å²) in [6, 6.07) is 10.7. The number of nitrogens with zero attached hydrogens (tertiary/aromatic N) is 5. The van der Waals surface area contributed by atoms with E-state index in [2.05, 4.69) is 44.8 Å². The maximum absolute atomic E-state index is 14.3. The van der Waals surface area contributed by atoms with Gasteiger partial charge >= 0.3 is 6.18 Å². The molecule has 1 atom stereocenters. The van der Waals surface area contributed by atoms with Crippen LogP contribution in [0.4, 0.5) is 13.2 Å². The van der Waals surface area contributed by atoms with Gasteiger partial charge in [0.2, 0.25) is 0 Å². The van der Waals surface area contributed by atoms with Gasteiger partial charge in [-0.3, -0.25) is 14.2 Å². The van der Waals surface area contributed by atoms with Crippen LogP contribution in [0.25, 0.3) is 22.6 Å². The molecule has 46 heavy (non-hydrogen) atoms. The summed E-state index contributed by atoms with van der Waals surface area (Å²) in [5.41, 5.74) is 3.84. The fourth-order valence-corrected chi connectivity index (χ4v) is 6.35. The summed E-state index contributed by atoms with van der Waals surface area (Å²) in [4.78, 5) is 36.9. The van der Waals surface area contributed by atoms with Crippen LogP contribution in [0.1, 0.15) is 73.2 Å². The lowest BCUT2D eigenvalue weighted by molar-refractivity contribution is -0.138. The Morgan fingerprint density at radius 3 is 2.41 bits per heavy atom. The summed E-state index contributed by atoms with van der Waals surface area (Å²) in [7, 11) is 0. The average Bonchev–Trinajstić information content (AvgIpc) is 3.64. The van der Waals surface area contributed by atoms with Gasteiger partial charge in [-0.25, -0.2) is 9.50 Å². The predicted molar refractivity (Wildman–Crippen MR) is 175 cm³/mol. The number of carbonyl (C=O) groups is 1. The highest BCUT2D eigenvalue weighted by atomic mass is 79.9. The first-order valence-electron chi connectivity index (χ1n) is 15.3. The minimum atomic E-state index is -4.62. The first-order valence-corrected chi connectivity index (χ1v) is 16.1. The largest absolute Gasteiger partial charge is 0.417 e. The maximum Gasteiger partial charge on any atom is 0.417 e. The number of carbonyl (C=O) groups excluding carboxylic acids is 1. The van der Waals surface area contributed by atoms with Gasteiger partial charge in [-0.15, -0.1) is 0 Å². The summed E-state index contributed by atoms with van der Waals surface area (Å²) in [6.45, 7) is 11.9. The van der Waals surface area contributed by atoms with E-state index in [9.17, 15) is 22.8 Å². The predicted octanol–water partition coefficient (Wildman–Crippen LogP) is 7.78. The van der Waals surface area contributed by atoms with E-state index >= 15 is 0 Å². The molecule has 0 fully saturated rings. The van der Waals surface area contributed by atoms with E-state index in [1.807, 2.05) is 45.0 Å². The van der Waals surface area contributed by atoms with Crippen molar-refractivity contribution in [2.24, 2.45) is 5.92 Å². The molecule has 1 aliphatic rings. The minimum absolute atomic E-state index is 0.0280. The molecule has 0 radical (unpaired) electrons. The van der Waals surface area contributed by atoms with Gasteiger partial charge in [0, 0.05) is 27.2 Å². The molecule has 6 rings (SSSR count). The fourth-order valence-electron chi connectivity index (χ4n) is 5.88. The van der Waals surface area contributed by atoms with Crippen molar-refractivity contribution in [1.29, 1.82) is 0 Å². The number of H-pyrrole nitrogens is 1. The van der Waals surface area contributed by atoms with E-state index in [0.717, 1.165) is 28.7 Å². The Hall–Kier alpha value is -4.19. The Morgan fingerprint density at radius 1 is 1.11 bits per heavy atom. The summed E-state index contributed by atoms with van der Waals surface area (Å²) >= 11 is 2.94. The zero-order chi connectivity index (χ0) is 33.5. The molecule has 1 aliphatic heterocycles. The molecule has 12 heteroatoms. The highest BCUT2D eigenvalue weighted by Crippen LogP contribution is 2.36. The zero-order valence-corrected chi connectivity index (χ0v) is 28.1. The monoisotopic (exact) mass is 696 g/mol. The number of halogens is 4. The summed E-state index contributed by atoms with van der Waals surface area (Å²) in [5, 5.41) is 4.68. The number of rotatable bonds is 5. The van der Waals surface area contributed by atoms with E-state index < -0.39 is 23.7 Å². The maximum atomic E-state index is 14.3. The van der Waals surface area contributed by atoms with Crippen molar-refractivity contribution in [2.75, 3.05) is 0 Å². The van der Waals surface area contributed by atoms with Gasteiger partial charge in [0.25, 0.3) is 11.5 Å². The van der Waals surface area contributed by atoms with Crippen LogP contribution in [-0.2, 0) is 25.6 Å². The zero-order valence-electron chi connectivity index (χ0n) is 26.5. The van der Waals surface area contributed by atoms with Crippen molar-refractivity contribution in [3.63, 3.8) is 0 Å². The van der Waals surface area contributed by atoms with Gasteiger partial charge < -0.3 is 9.88 Å². The van der Waals surface area contributed by atoms with Crippen LogP contribution in [0.5, 0.6) is 0 Å². The number of hydrogen-bond donors (Lipinski definition) is 1.